The first-order valence-electron chi connectivity index (χ1n) is 9.99. The maximum Gasteiger partial charge on any atom is 0.251 e. The van der Waals surface area contributed by atoms with Crippen LogP contribution < -0.4 is 14.8 Å². The van der Waals surface area contributed by atoms with E-state index >= 15 is 0 Å². The smallest absolute Gasteiger partial charge is 0.251 e. The second kappa shape index (κ2) is 9.78. The number of carbonyl (C=O) groups is 1. The van der Waals surface area contributed by atoms with E-state index in [2.05, 4.69) is 20.5 Å². The van der Waals surface area contributed by atoms with E-state index in [1.165, 1.54) is 24.3 Å². The summed E-state index contributed by atoms with van der Waals surface area (Å²) in [6.07, 6.45) is 3.82. The summed E-state index contributed by atoms with van der Waals surface area (Å²) in [5.41, 5.74) is 1.81. The normalized spacial score (nSPS) is 10.8. The molecule has 0 spiro atoms. The number of hydrogen-bond acceptors (Lipinski definition) is 6. The summed E-state index contributed by atoms with van der Waals surface area (Å²) in [7, 11) is 0. The van der Waals surface area contributed by atoms with Crippen LogP contribution in [-0.2, 0) is 6.61 Å². The fourth-order valence-corrected chi connectivity index (χ4v) is 3.01. The molecule has 3 N–H and O–H groups in total. The minimum Gasteiger partial charge on any atom is -0.504 e. The van der Waals surface area contributed by atoms with Gasteiger partial charge in [-0.15, -0.1) is 0 Å². The lowest BCUT2D eigenvalue weighted by Gasteiger charge is -2.11. The van der Waals surface area contributed by atoms with Gasteiger partial charge in [-0.3, -0.25) is 9.89 Å². The number of aromatic hydroxyl groups is 1. The third-order valence-corrected chi connectivity index (χ3v) is 4.67. The lowest BCUT2D eigenvalue weighted by molar-refractivity contribution is 0.0951. The molecule has 164 valence electrons. The third kappa shape index (κ3) is 5.12. The van der Waals surface area contributed by atoms with E-state index in [4.69, 9.17) is 9.47 Å². The Bertz CT molecular complexity index is 1230. The number of rotatable bonds is 9. The largest absolute Gasteiger partial charge is 0.504 e. The van der Waals surface area contributed by atoms with E-state index in [-0.39, 0.29) is 36.4 Å². The number of aromatic amines is 1. The van der Waals surface area contributed by atoms with Gasteiger partial charge in [-0.05, 0) is 42.8 Å². The van der Waals surface area contributed by atoms with Crippen molar-refractivity contribution in [3.63, 3.8) is 0 Å². The second-order valence-electron chi connectivity index (χ2n) is 7.01. The predicted molar refractivity (Wildman–Crippen MR) is 115 cm³/mol. The van der Waals surface area contributed by atoms with Crippen LogP contribution >= 0.6 is 0 Å². The van der Waals surface area contributed by atoms with E-state index < -0.39 is 5.82 Å². The highest BCUT2D eigenvalue weighted by molar-refractivity contribution is 5.94. The van der Waals surface area contributed by atoms with E-state index in [1.54, 1.807) is 30.6 Å². The van der Waals surface area contributed by atoms with Gasteiger partial charge in [0.2, 0.25) is 0 Å². The number of nitrogens with zero attached hydrogens (tertiary/aromatic N) is 2. The molecular weight excluding hydrogens is 415 g/mol. The maximum absolute atomic E-state index is 13.5. The highest BCUT2D eigenvalue weighted by Gasteiger charge is 2.11. The van der Waals surface area contributed by atoms with Crippen LogP contribution in [0.3, 0.4) is 0 Å². The van der Waals surface area contributed by atoms with Gasteiger partial charge < -0.3 is 19.9 Å². The molecule has 0 aliphatic heterocycles. The number of benzene rings is 2. The number of halogens is 1. The van der Waals surface area contributed by atoms with E-state index in [0.29, 0.717) is 24.2 Å². The van der Waals surface area contributed by atoms with Crippen LogP contribution in [-0.4, -0.2) is 39.3 Å². The first-order valence-corrected chi connectivity index (χ1v) is 9.99. The lowest BCUT2D eigenvalue weighted by Crippen LogP contribution is -2.25. The average molecular weight is 436 g/mol. The number of fused-ring (bicyclic) bond motifs is 1. The van der Waals surface area contributed by atoms with Crippen molar-refractivity contribution in [3.8, 4) is 17.2 Å². The minimum absolute atomic E-state index is 0.0720. The van der Waals surface area contributed by atoms with Gasteiger partial charge in [0, 0.05) is 29.3 Å². The number of phenols is 1. The van der Waals surface area contributed by atoms with Gasteiger partial charge in [-0.1, -0.05) is 12.1 Å². The van der Waals surface area contributed by atoms with Gasteiger partial charge in [-0.25, -0.2) is 9.37 Å². The number of carbonyl (C=O) groups excluding carboxylic acids is 1. The fraction of sp³-hybridized carbons (Fsp3) is 0.174. The first kappa shape index (κ1) is 21.1. The average Bonchev–Trinajstić information content (AvgIpc) is 3.27. The molecule has 2 aromatic heterocycles. The quantitative estimate of drug-likeness (QED) is 0.346. The zero-order valence-corrected chi connectivity index (χ0v) is 17.0. The summed E-state index contributed by atoms with van der Waals surface area (Å²) in [6, 6.07) is 12.4. The Morgan fingerprint density at radius 3 is 2.84 bits per heavy atom. The SMILES string of the molecule is O=C(NCCCOc1ccccc1F)c1ccc(O)c(OCc2cnc3[nH]ncc3c2)c1. The Kier molecular flexibility index (Phi) is 6.45. The molecule has 32 heavy (non-hydrogen) atoms. The minimum atomic E-state index is -0.423. The number of amides is 1. The molecule has 9 heteroatoms. The Morgan fingerprint density at radius 1 is 1.09 bits per heavy atom. The van der Waals surface area contributed by atoms with Crippen molar-refractivity contribution in [1.29, 1.82) is 0 Å². The van der Waals surface area contributed by atoms with Crippen LogP contribution in [0.4, 0.5) is 4.39 Å². The van der Waals surface area contributed by atoms with Crippen molar-refractivity contribution in [3.05, 3.63) is 77.9 Å². The Balaban J connectivity index is 1.28. The van der Waals surface area contributed by atoms with Crippen LogP contribution in [0.5, 0.6) is 17.2 Å². The fourth-order valence-electron chi connectivity index (χ4n) is 3.01. The van der Waals surface area contributed by atoms with Gasteiger partial charge in [0.1, 0.15) is 6.61 Å². The molecule has 0 bridgehead atoms. The van der Waals surface area contributed by atoms with Crippen molar-refractivity contribution < 1.29 is 23.8 Å². The molecule has 0 atom stereocenters. The number of aromatic nitrogens is 3. The number of phenolic OH excluding ortho intramolecular Hbond substituents is 1. The Hall–Kier alpha value is -4.14. The predicted octanol–water partition coefficient (Wildman–Crippen LogP) is 3.58. The molecule has 2 heterocycles. The molecule has 0 fully saturated rings. The molecule has 4 rings (SSSR count). The summed E-state index contributed by atoms with van der Waals surface area (Å²) in [4.78, 5) is 16.7. The lowest BCUT2D eigenvalue weighted by atomic mass is 10.2. The summed E-state index contributed by atoms with van der Waals surface area (Å²) >= 11 is 0. The molecule has 0 aliphatic rings. The van der Waals surface area contributed by atoms with Crippen molar-refractivity contribution in [2.45, 2.75) is 13.0 Å². The van der Waals surface area contributed by atoms with Gasteiger partial charge in [-0.2, -0.15) is 5.10 Å². The molecule has 8 nitrogen and oxygen atoms in total. The monoisotopic (exact) mass is 436 g/mol. The number of nitrogens with one attached hydrogen (secondary N) is 2. The topological polar surface area (TPSA) is 109 Å². The number of H-pyrrole nitrogens is 1. The number of para-hydroxylation sites is 1. The van der Waals surface area contributed by atoms with E-state index in [1.807, 2.05) is 6.07 Å². The Morgan fingerprint density at radius 2 is 1.97 bits per heavy atom. The van der Waals surface area contributed by atoms with Crippen molar-refractivity contribution >= 4 is 16.9 Å². The van der Waals surface area contributed by atoms with Crippen LogP contribution in [0.1, 0.15) is 22.3 Å². The molecule has 0 aliphatic carbocycles. The highest BCUT2D eigenvalue weighted by Crippen LogP contribution is 2.28. The second-order valence-corrected chi connectivity index (χ2v) is 7.01. The van der Waals surface area contributed by atoms with Crippen molar-refractivity contribution in [2.24, 2.45) is 0 Å². The van der Waals surface area contributed by atoms with Gasteiger partial charge in [0.05, 0.1) is 12.8 Å². The summed E-state index contributed by atoms with van der Waals surface area (Å²) < 4.78 is 24.6. The summed E-state index contributed by atoms with van der Waals surface area (Å²) in [5, 5.41) is 20.4. The van der Waals surface area contributed by atoms with Crippen LogP contribution in [0, 0.1) is 5.82 Å². The van der Waals surface area contributed by atoms with Gasteiger partial charge in [0.25, 0.3) is 5.91 Å². The van der Waals surface area contributed by atoms with Crippen LogP contribution in [0.25, 0.3) is 11.0 Å². The molecule has 0 radical (unpaired) electrons. The number of ether oxygens (including phenoxy) is 2. The molecule has 0 saturated heterocycles. The maximum atomic E-state index is 13.5. The third-order valence-electron chi connectivity index (χ3n) is 4.67. The number of hydrogen-bond donors (Lipinski definition) is 3. The van der Waals surface area contributed by atoms with E-state index in [0.717, 1.165) is 10.9 Å². The number of pyridine rings is 1. The molecule has 0 saturated carbocycles. The standard InChI is InChI=1S/C23H21FN4O4/c24-18-4-1-2-5-20(18)31-9-3-8-25-23(30)16-6-7-19(29)21(11-16)32-14-15-10-17-13-27-28-22(17)26-12-15/h1-2,4-7,10-13,29H,3,8-9,14H2,(H,25,30)(H,26,27,28). The molecule has 1 amide bonds. The van der Waals surface area contributed by atoms with E-state index in [9.17, 15) is 14.3 Å². The first-order chi connectivity index (χ1) is 15.6. The van der Waals surface area contributed by atoms with Crippen molar-refractivity contribution in [2.75, 3.05) is 13.2 Å². The molecule has 4 aromatic rings. The van der Waals surface area contributed by atoms with Crippen LogP contribution in [0.15, 0.2) is 60.9 Å². The summed E-state index contributed by atoms with van der Waals surface area (Å²) in [6.45, 7) is 0.779. The van der Waals surface area contributed by atoms with Gasteiger partial charge in [0.15, 0.2) is 28.7 Å². The zero-order valence-electron chi connectivity index (χ0n) is 17.0. The summed E-state index contributed by atoms with van der Waals surface area (Å²) in [5.74, 6) is -0.442. The zero-order chi connectivity index (χ0) is 22.3. The molecule has 2 aromatic carbocycles. The molecular formula is C23H21FN4O4. The van der Waals surface area contributed by atoms with Gasteiger partial charge >= 0.3 is 0 Å². The molecule has 0 unspecified atom stereocenters. The highest BCUT2D eigenvalue weighted by atomic mass is 19.1. The Labute approximate surface area is 183 Å². The van der Waals surface area contributed by atoms with Crippen LogP contribution in [0.2, 0.25) is 0 Å². The van der Waals surface area contributed by atoms with Crippen molar-refractivity contribution in [1.82, 2.24) is 20.5 Å².